The fourth-order valence-corrected chi connectivity index (χ4v) is 3.22. The molecule has 1 aliphatic rings. The standard InChI is InChI=1S/C18H22N2O5/c1-2-24-17(22)13-7-10-19(11-8-13)16(21)9-12-20-14-5-3-4-6-15(14)25-18(20)23/h3-6,13H,2,7-12H2,1H3. The summed E-state index contributed by atoms with van der Waals surface area (Å²) in [4.78, 5) is 37.8. The van der Waals surface area contributed by atoms with Gasteiger partial charge in [-0.1, -0.05) is 12.1 Å². The van der Waals surface area contributed by atoms with Crippen molar-refractivity contribution < 1.29 is 18.7 Å². The molecule has 0 aliphatic carbocycles. The monoisotopic (exact) mass is 346 g/mol. The molecule has 3 rings (SSSR count). The number of rotatable bonds is 5. The van der Waals surface area contributed by atoms with Gasteiger partial charge in [-0.25, -0.2) is 4.79 Å². The summed E-state index contributed by atoms with van der Waals surface area (Å²) in [7, 11) is 0. The second-order valence-corrected chi connectivity index (χ2v) is 6.14. The molecule has 7 heteroatoms. The van der Waals surface area contributed by atoms with Gasteiger partial charge in [-0.3, -0.25) is 14.2 Å². The van der Waals surface area contributed by atoms with E-state index in [0.29, 0.717) is 43.6 Å². The van der Waals surface area contributed by atoms with E-state index in [2.05, 4.69) is 0 Å². The van der Waals surface area contributed by atoms with E-state index in [0.717, 1.165) is 0 Å². The number of piperidine rings is 1. The summed E-state index contributed by atoms with van der Waals surface area (Å²) in [6.45, 7) is 3.54. The number of benzene rings is 1. The number of hydrogen-bond acceptors (Lipinski definition) is 5. The highest BCUT2D eigenvalue weighted by molar-refractivity contribution is 5.78. The lowest BCUT2D eigenvalue weighted by Gasteiger charge is -2.31. The Hall–Kier alpha value is -2.57. The Morgan fingerprint density at radius 3 is 2.68 bits per heavy atom. The molecule has 0 N–H and O–H groups in total. The van der Waals surface area contributed by atoms with E-state index in [9.17, 15) is 14.4 Å². The second-order valence-electron chi connectivity index (χ2n) is 6.14. The van der Waals surface area contributed by atoms with Crippen LogP contribution in [0.3, 0.4) is 0 Å². The van der Waals surface area contributed by atoms with Crippen LogP contribution in [0.5, 0.6) is 0 Å². The summed E-state index contributed by atoms with van der Waals surface area (Å²) in [5, 5.41) is 0. The number of aromatic nitrogens is 1. The van der Waals surface area contributed by atoms with Gasteiger partial charge in [0.05, 0.1) is 18.0 Å². The van der Waals surface area contributed by atoms with Crippen molar-refractivity contribution in [1.29, 1.82) is 0 Å². The number of oxazole rings is 1. The summed E-state index contributed by atoms with van der Waals surface area (Å²) < 4.78 is 11.7. The van der Waals surface area contributed by atoms with Gasteiger partial charge >= 0.3 is 11.7 Å². The molecule has 1 aromatic heterocycles. The normalized spacial score (nSPS) is 15.5. The van der Waals surface area contributed by atoms with Gasteiger partial charge in [-0.05, 0) is 31.9 Å². The van der Waals surface area contributed by atoms with Crippen molar-refractivity contribution in [2.75, 3.05) is 19.7 Å². The minimum absolute atomic E-state index is 0.0144. The van der Waals surface area contributed by atoms with Gasteiger partial charge in [-0.2, -0.15) is 0 Å². The Morgan fingerprint density at radius 1 is 1.24 bits per heavy atom. The highest BCUT2D eigenvalue weighted by Gasteiger charge is 2.28. The number of aryl methyl sites for hydroxylation is 1. The van der Waals surface area contributed by atoms with Gasteiger partial charge in [0.25, 0.3) is 0 Å². The van der Waals surface area contributed by atoms with Crippen molar-refractivity contribution in [3.63, 3.8) is 0 Å². The van der Waals surface area contributed by atoms with Crippen molar-refractivity contribution in [2.45, 2.75) is 32.7 Å². The van der Waals surface area contributed by atoms with E-state index in [1.165, 1.54) is 4.57 Å². The lowest BCUT2D eigenvalue weighted by molar-refractivity contribution is -0.151. The van der Waals surface area contributed by atoms with Crippen molar-refractivity contribution in [3.05, 3.63) is 34.8 Å². The molecule has 1 amide bonds. The minimum atomic E-state index is -0.449. The molecule has 25 heavy (non-hydrogen) atoms. The third-order valence-electron chi connectivity index (χ3n) is 4.59. The first-order valence-corrected chi connectivity index (χ1v) is 8.63. The zero-order chi connectivity index (χ0) is 17.8. The quantitative estimate of drug-likeness (QED) is 0.771. The van der Waals surface area contributed by atoms with Crippen molar-refractivity contribution >= 4 is 23.0 Å². The number of ether oxygens (including phenoxy) is 1. The van der Waals surface area contributed by atoms with Crippen LogP contribution in [0, 0.1) is 5.92 Å². The lowest BCUT2D eigenvalue weighted by atomic mass is 9.97. The molecule has 2 aromatic rings. The first-order valence-electron chi connectivity index (χ1n) is 8.63. The molecule has 134 valence electrons. The van der Waals surface area contributed by atoms with Crippen molar-refractivity contribution in [3.8, 4) is 0 Å². The smallest absolute Gasteiger partial charge is 0.419 e. The maximum Gasteiger partial charge on any atom is 0.419 e. The Kier molecular flexibility index (Phi) is 5.21. The number of esters is 1. The van der Waals surface area contributed by atoms with Gasteiger partial charge in [-0.15, -0.1) is 0 Å². The van der Waals surface area contributed by atoms with Crippen LogP contribution in [0.1, 0.15) is 26.2 Å². The van der Waals surface area contributed by atoms with Gasteiger partial charge < -0.3 is 14.1 Å². The SMILES string of the molecule is CCOC(=O)C1CCN(C(=O)CCn2c(=O)oc3ccccc32)CC1. The minimum Gasteiger partial charge on any atom is -0.466 e. The first-order chi connectivity index (χ1) is 12.1. The second kappa shape index (κ2) is 7.55. The summed E-state index contributed by atoms with van der Waals surface area (Å²) in [6, 6.07) is 7.16. The van der Waals surface area contributed by atoms with E-state index in [-0.39, 0.29) is 30.8 Å². The van der Waals surface area contributed by atoms with E-state index in [4.69, 9.17) is 9.15 Å². The average Bonchev–Trinajstić information content (AvgIpc) is 2.95. The summed E-state index contributed by atoms with van der Waals surface area (Å²) >= 11 is 0. The maximum atomic E-state index is 12.4. The third-order valence-corrected chi connectivity index (χ3v) is 4.59. The molecule has 0 saturated carbocycles. The van der Waals surface area contributed by atoms with E-state index >= 15 is 0 Å². The molecule has 1 fully saturated rings. The molecule has 0 spiro atoms. The number of para-hydroxylation sites is 2. The zero-order valence-corrected chi connectivity index (χ0v) is 14.3. The van der Waals surface area contributed by atoms with Crippen LogP contribution in [-0.4, -0.2) is 41.0 Å². The number of amides is 1. The topological polar surface area (TPSA) is 81.8 Å². The van der Waals surface area contributed by atoms with E-state index in [1.54, 1.807) is 30.0 Å². The number of likely N-dealkylation sites (tertiary alicyclic amines) is 1. The molecule has 0 bridgehead atoms. The fraction of sp³-hybridized carbons (Fsp3) is 0.500. The molecule has 1 aliphatic heterocycles. The average molecular weight is 346 g/mol. The largest absolute Gasteiger partial charge is 0.466 e. The van der Waals surface area contributed by atoms with Crippen LogP contribution in [0.2, 0.25) is 0 Å². The Bertz CT molecular complexity index is 814. The highest BCUT2D eigenvalue weighted by atomic mass is 16.5. The molecule has 1 saturated heterocycles. The Balaban J connectivity index is 1.56. The lowest BCUT2D eigenvalue weighted by Crippen LogP contribution is -2.41. The highest BCUT2D eigenvalue weighted by Crippen LogP contribution is 2.19. The van der Waals surface area contributed by atoms with E-state index < -0.39 is 5.76 Å². The Morgan fingerprint density at radius 2 is 1.96 bits per heavy atom. The molecule has 1 aromatic carbocycles. The zero-order valence-electron chi connectivity index (χ0n) is 14.3. The van der Waals surface area contributed by atoms with Crippen molar-refractivity contribution in [1.82, 2.24) is 9.47 Å². The molecule has 0 unspecified atom stereocenters. The fourth-order valence-electron chi connectivity index (χ4n) is 3.22. The Labute approximate surface area is 145 Å². The number of hydrogen-bond donors (Lipinski definition) is 0. The van der Waals surface area contributed by atoms with Crippen LogP contribution in [0.15, 0.2) is 33.5 Å². The van der Waals surface area contributed by atoms with Crippen LogP contribution < -0.4 is 5.76 Å². The molecule has 2 heterocycles. The van der Waals surface area contributed by atoms with Crippen LogP contribution >= 0.6 is 0 Å². The van der Waals surface area contributed by atoms with Gasteiger partial charge in [0, 0.05) is 26.1 Å². The predicted octanol–water partition coefficient (Wildman–Crippen LogP) is 1.79. The number of carbonyl (C=O) groups is 2. The molecule has 0 atom stereocenters. The van der Waals surface area contributed by atoms with Crippen LogP contribution in [0.4, 0.5) is 0 Å². The summed E-state index contributed by atoms with van der Waals surface area (Å²) in [6.07, 6.45) is 1.48. The maximum absolute atomic E-state index is 12.4. The third kappa shape index (κ3) is 3.75. The molecular formula is C18H22N2O5. The first kappa shape index (κ1) is 17.3. The summed E-state index contributed by atoms with van der Waals surface area (Å²) in [5.41, 5.74) is 1.22. The molecule has 7 nitrogen and oxygen atoms in total. The summed E-state index contributed by atoms with van der Waals surface area (Å²) in [5.74, 6) is -0.759. The number of nitrogens with zero attached hydrogens (tertiary/aromatic N) is 2. The number of carbonyl (C=O) groups excluding carboxylic acids is 2. The van der Waals surface area contributed by atoms with Gasteiger partial charge in [0.15, 0.2) is 5.58 Å². The molecule has 0 radical (unpaired) electrons. The van der Waals surface area contributed by atoms with E-state index in [1.807, 2.05) is 6.07 Å². The van der Waals surface area contributed by atoms with Crippen LogP contribution in [-0.2, 0) is 20.9 Å². The number of fused-ring (bicyclic) bond motifs is 1. The van der Waals surface area contributed by atoms with Gasteiger partial charge in [0.2, 0.25) is 5.91 Å². The van der Waals surface area contributed by atoms with Gasteiger partial charge in [0.1, 0.15) is 0 Å². The molecular weight excluding hydrogens is 324 g/mol. The predicted molar refractivity (Wildman–Crippen MR) is 91.0 cm³/mol. The van der Waals surface area contributed by atoms with Crippen molar-refractivity contribution in [2.24, 2.45) is 5.92 Å². The van der Waals surface area contributed by atoms with Crippen LogP contribution in [0.25, 0.3) is 11.1 Å².